The van der Waals surface area contributed by atoms with Crippen LogP contribution in [0.2, 0.25) is 0 Å². The molecule has 1 aromatic carbocycles. The molecule has 1 saturated carbocycles. The van der Waals surface area contributed by atoms with Gasteiger partial charge in [0.15, 0.2) is 0 Å². The van der Waals surface area contributed by atoms with Crippen molar-refractivity contribution in [3.63, 3.8) is 0 Å². The van der Waals surface area contributed by atoms with Gasteiger partial charge >= 0.3 is 6.18 Å². The highest BCUT2D eigenvalue weighted by Gasteiger charge is 2.54. The first-order valence-electron chi connectivity index (χ1n) is 15.5. The predicted molar refractivity (Wildman–Crippen MR) is 162 cm³/mol. The van der Waals surface area contributed by atoms with E-state index in [4.69, 9.17) is 14.2 Å². The predicted octanol–water partition coefficient (Wildman–Crippen LogP) is 9.24. The van der Waals surface area contributed by atoms with Crippen molar-refractivity contribution < 1.29 is 37.0 Å². The first-order valence-corrected chi connectivity index (χ1v) is 15.5. The van der Waals surface area contributed by atoms with E-state index in [1.807, 2.05) is 13.8 Å². The number of hydrogen-bond donors (Lipinski definition) is 2. The standard InChI is InChI=1S/C35H49F4NO4/c1-20(2)29(40-41)27-28(26-21(3)18-32(7,8)19-25(26)43-33(9,10)31(4,5)6)34(13-15-42-16-14-34)44-30(27)22-11-12-23(24(36)17-22)35(37,38)39/h11-12,17,20,25,30,40-41H,3,13-16,18-19H2,1-2,4-10H3/b28-26-,29-27+. The van der Waals surface area contributed by atoms with Gasteiger partial charge in [-0.1, -0.05) is 61.1 Å². The summed E-state index contributed by atoms with van der Waals surface area (Å²) in [6.45, 7) is 24.1. The normalized spacial score (nSPS) is 27.3. The summed E-state index contributed by atoms with van der Waals surface area (Å²) in [7, 11) is 0. The van der Waals surface area contributed by atoms with Crippen LogP contribution < -0.4 is 5.48 Å². The van der Waals surface area contributed by atoms with E-state index in [1.54, 1.807) is 0 Å². The molecule has 0 amide bonds. The molecule has 3 aliphatic rings. The van der Waals surface area contributed by atoms with Gasteiger partial charge in [-0.25, -0.2) is 4.39 Å². The highest BCUT2D eigenvalue weighted by atomic mass is 19.4. The van der Waals surface area contributed by atoms with E-state index < -0.39 is 34.9 Å². The van der Waals surface area contributed by atoms with Gasteiger partial charge in [0.05, 0.1) is 22.9 Å². The molecular formula is C35H49F4NO4. The third-order valence-electron chi connectivity index (χ3n) is 9.87. The van der Waals surface area contributed by atoms with E-state index in [2.05, 4.69) is 60.5 Å². The van der Waals surface area contributed by atoms with Crippen LogP contribution in [0.3, 0.4) is 0 Å². The Labute approximate surface area is 259 Å². The van der Waals surface area contributed by atoms with E-state index in [0.717, 1.165) is 28.9 Å². The van der Waals surface area contributed by atoms with Gasteiger partial charge < -0.3 is 14.2 Å². The van der Waals surface area contributed by atoms with E-state index >= 15 is 4.39 Å². The Kier molecular flexibility index (Phi) is 9.35. The second-order valence-corrected chi connectivity index (χ2v) is 15.2. The van der Waals surface area contributed by atoms with Crippen molar-refractivity contribution in [2.45, 2.75) is 118 Å². The summed E-state index contributed by atoms with van der Waals surface area (Å²) < 4.78 is 75.3. The third-order valence-corrected chi connectivity index (χ3v) is 9.87. The molecule has 5 nitrogen and oxygen atoms in total. The lowest BCUT2D eigenvalue weighted by Crippen LogP contribution is -2.47. The second kappa shape index (κ2) is 11.9. The Balaban J connectivity index is 2.06. The first kappa shape index (κ1) is 34.7. The summed E-state index contributed by atoms with van der Waals surface area (Å²) in [5, 5.41) is 10.6. The van der Waals surface area contributed by atoms with E-state index in [9.17, 15) is 18.4 Å². The largest absolute Gasteiger partial charge is 0.419 e. The van der Waals surface area contributed by atoms with Crippen LogP contribution in [0.15, 0.2) is 52.8 Å². The van der Waals surface area contributed by atoms with Gasteiger partial charge in [0.25, 0.3) is 0 Å². The summed E-state index contributed by atoms with van der Waals surface area (Å²) in [4.78, 5) is 0. The molecule has 0 radical (unpaired) electrons. The zero-order valence-electron chi connectivity index (χ0n) is 27.6. The van der Waals surface area contributed by atoms with Crippen molar-refractivity contribution in [3.8, 4) is 0 Å². The fourth-order valence-corrected chi connectivity index (χ4v) is 6.66. The van der Waals surface area contributed by atoms with Crippen molar-refractivity contribution >= 4 is 0 Å². The number of allylic oxidation sites excluding steroid dienone is 1. The van der Waals surface area contributed by atoms with Gasteiger partial charge in [0.2, 0.25) is 0 Å². The lowest BCUT2D eigenvalue weighted by Gasteiger charge is -2.48. The van der Waals surface area contributed by atoms with E-state index in [0.29, 0.717) is 50.2 Å². The van der Waals surface area contributed by atoms with E-state index in [1.165, 1.54) is 6.07 Å². The molecule has 1 aliphatic carbocycles. The summed E-state index contributed by atoms with van der Waals surface area (Å²) in [5.41, 5.74) is 3.13. The topological polar surface area (TPSA) is 60.0 Å². The number of benzene rings is 1. The molecule has 44 heavy (non-hydrogen) atoms. The lowest BCUT2D eigenvalue weighted by molar-refractivity contribution is -0.140. The van der Waals surface area contributed by atoms with Gasteiger partial charge in [-0.2, -0.15) is 13.2 Å². The Morgan fingerprint density at radius 1 is 1.09 bits per heavy atom. The molecule has 1 aromatic rings. The maximum absolute atomic E-state index is 15.0. The highest BCUT2D eigenvalue weighted by Crippen LogP contribution is 2.58. The summed E-state index contributed by atoms with van der Waals surface area (Å²) in [6, 6.07) is 2.93. The minimum Gasteiger partial charge on any atom is -0.381 e. The molecule has 0 aromatic heterocycles. The Morgan fingerprint density at radius 3 is 2.20 bits per heavy atom. The number of nitrogens with one attached hydrogen (secondary N) is 1. The fraction of sp³-hybridized carbons (Fsp3) is 0.657. The van der Waals surface area contributed by atoms with Crippen molar-refractivity contribution in [1.82, 2.24) is 5.48 Å². The zero-order valence-corrected chi connectivity index (χ0v) is 27.6. The SMILES string of the molecule is C=C1CC(C)(C)CC(OC(C)(C)C(C)(C)C)/C1=C1/C(=C(\NO)C(C)C)C(c2ccc(C(F)(F)F)c(F)c2)OC12CCOCC2. The summed E-state index contributed by atoms with van der Waals surface area (Å²) >= 11 is 0. The van der Waals surface area contributed by atoms with Crippen LogP contribution in [0.5, 0.6) is 0 Å². The fourth-order valence-electron chi connectivity index (χ4n) is 6.66. The van der Waals surface area contributed by atoms with E-state index in [-0.39, 0.29) is 28.4 Å². The molecule has 2 aliphatic heterocycles. The van der Waals surface area contributed by atoms with Crippen LogP contribution in [-0.4, -0.2) is 35.7 Å². The molecule has 3 fully saturated rings. The van der Waals surface area contributed by atoms with Gasteiger partial charge in [-0.15, -0.1) is 0 Å². The molecule has 1 spiro atoms. The molecule has 4 rings (SSSR count). The Hall–Kier alpha value is -2.20. The smallest absolute Gasteiger partial charge is 0.381 e. The van der Waals surface area contributed by atoms with Crippen molar-refractivity contribution in [2.75, 3.05) is 13.2 Å². The number of hydrogen-bond acceptors (Lipinski definition) is 5. The van der Waals surface area contributed by atoms with Crippen molar-refractivity contribution in [3.05, 3.63) is 69.7 Å². The average molecular weight is 624 g/mol. The Morgan fingerprint density at radius 2 is 1.70 bits per heavy atom. The molecule has 2 heterocycles. The maximum atomic E-state index is 15.0. The number of alkyl halides is 3. The second-order valence-electron chi connectivity index (χ2n) is 15.2. The van der Waals surface area contributed by atoms with Gasteiger partial charge in [-0.3, -0.25) is 10.7 Å². The van der Waals surface area contributed by atoms with Gasteiger partial charge in [0, 0.05) is 37.3 Å². The van der Waals surface area contributed by atoms with Crippen LogP contribution >= 0.6 is 0 Å². The van der Waals surface area contributed by atoms with Crippen molar-refractivity contribution in [1.29, 1.82) is 0 Å². The van der Waals surface area contributed by atoms with Gasteiger partial charge in [0.1, 0.15) is 11.9 Å². The van der Waals surface area contributed by atoms with Crippen LogP contribution in [0.1, 0.15) is 105 Å². The zero-order chi connectivity index (χ0) is 33.0. The lowest BCUT2D eigenvalue weighted by atomic mass is 9.66. The summed E-state index contributed by atoms with van der Waals surface area (Å²) in [6.07, 6.45) is -3.83. The number of rotatable bonds is 5. The highest BCUT2D eigenvalue weighted by molar-refractivity contribution is 5.59. The van der Waals surface area contributed by atoms with Gasteiger partial charge in [-0.05, 0) is 77.9 Å². The molecule has 246 valence electrons. The van der Waals surface area contributed by atoms with Crippen LogP contribution in [0.4, 0.5) is 17.6 Å². The maximum Gasteiger partial charge on any atom is 0.419 e. The Bertz CT molecular complexity index is 1330. The monoisotopic (exact) mass is 623 g/mol. The van der Waals surface area contributed by atoms with Crippen molar-refractivity contribution in [2.24, 2.45) is 16.7 Å². The molecule has 2 atom stereocenters. The molecule has 9 heteroatoms. The quantitative estimate of drug-likeness (QED) is 0.253. The molecular weight excluding hydrogens is 574 g/mol. The minimum absolute atomic E-state index is 0.113. The van der Waals surface area contributed by atoms with Crippen LogP contribution in [0.25, 0.3) is 0 Å². The van der Waals surface area contributed by atoms with Crippen LogP contribution in [-0.2, 0) is 20.4 Å². The molecule has 2 unspecified atom stereocenters. The molecule has 0 bridgehead atoms. The molecule has 2 N–H and O–H groups in total. The third kappa shape index (κ3) is 6.53. The summed E-state index contributed by atoms with van der Waals surface area (Å²) in [5.74, 6) is -1.61. The number of hydroxylamine groups is 1. The minimum atomic E-state index is -4.83. The number of ether oxygens (including phenoxy) is 3. The molecule has 2 saturated heterocycles. The first-order chi connectivity index (χ1) is 20.1. The average Bonchev–Trinajstić information content (AvgIpc) is 3.15. The van der Waals surface area contributed by atoms with Crippen LogP contribution in [0, 0.1) is 22.6 Å². The number of halogens is 4.